The lowest BCUT2D eigenvalue weighted by molar-refractivity contribution is -0.154. The zero-order chi connectivity index (χ0) is 35.2. The van der Waals surface area contributed by atoms with Crippen LogP contribution in [0.4, 0.5) is 0 Å². The summed E-state index contributed by atoms with van der Waals surface area (Å²) in [6.07, 6.45) is 41.5. The molecule has 0 heterocycles. The van der Waals surface area contributed by atoms with Gasteiger partial charge in [0.15, 0.2) is 0 Å². The summed E-state index contributed by atoms with van der Waals surface area (Å²) >= 11 is 0. The van der Waals surface area contributed by atoms with Gasteiger partial charge in [-0.15, -0.1) is 0 Å². The van der Waals surface area contributed by atoms with Crippen LogP contribution in [0, 0.1) is 0 Å². The predicted octanol–water partition coefficient (Wildman–Crippen LogP) is 10.9. The largest absolute Gasteiger partial charge is 0.472 e. The Bertz CT molecular complexity index is 874. The van der Waals surface area contributed by atoms with Crippen molar-refractivity contribution in [3.8, 4) is 0 Å². The third-order valence-corrected chi connectivity index (χ3v) is 8.74. The van der Waals surface area contributed by atoms with Crippen LogP contribution in [-0.2, 0) is 27.9 Å². The van der Waals surface area contributed by atoms with Crippen LogP contribution in [0.25, 0.3) is 0 Å². The highest BCUT2D eigenvalue weighted by Crippen LogP contribution is 2.43. The third-order valence-electron chi connectivity index (χ3n) is 7.76. The molecule has 0 radical (unpaired) electrons. The van der Waals surface area contributed by atoms with Crippen molar-refractivity contribution in [1.29, 1.82) is 0 Å². The molecule has 48 heavy (non-hydrogen) atoms. The number of unbranched alkanes of at least 4 members (excludes halogenated alkanes) is 15. The molecule has 2 unspecified atom stereocenters. The van der Waals surface area contributed by atoms with Crippen LogP contribution >= 0.6 is 7.82 Å². The number of nitrogens with two attached hydrogens (primary N) is 1. The van der Waals surface area contributed by atoms with E-state index in [2.05, 4.69) is 62.5 Å². The molecule has 0 saturated carbocycles. The number of phosphoric ester groups is 1. The fourth-order valence-corrected chi connectivity index (χ4v) is 5.75. The van der Waals surface area contributed by atoms with Gasteiger partial charge in [0.2, 0.25) is 0 Å². The van der Waals surface area contributed by atoms with Crippen molar-refractivity contribution >= 4 is 13.8 Å². The normalized spacial score (nSPS) is 14.2. The minimum absolute atomic E-state index is 0.0976. The maximum atomic E-state index is 12.4. The Balaban J connectivity index is 3.94. The van der Waals surface area contributed by atoms with Crippen molar-refractivity contribution in [1.82, 2.24) is 0 Å². The molecule has 0 aromatic rings. The minimum atomic E-state index is -4.26. The minimum Gasteiger partial charge on any atom is -0.457 e. The molecule has 280 valence electrons. The summed E-state index contributed by atoms with van der Waals surface area (Å²) < 4.78 is 33.2. The van der Waals surface area contributed by atoms with Crippen LogP contribution in [0.3, 0.4) is 0 Å². The third kappa shape index (κ3) is 35.8. The van der Waals surface area contributed by atoms with Gasteiger partial charge in [0, 0.05) is 19.6 Å². The van der Waals surface area contributed by atoms with E-state index in [1.807, 2.05) is 0 Å². The molecule has 0 aliphatic heterocycles. The highest BCUT2D eigenvalue weighted by atomic mass is 31.2. The number of rotatable bonds is 36. The number of allylic oxidation sites excluding steroid dienone is 8. The van der Waals surface area contributed by atoms with Gasteiger partial charge in [0.25, 0.3) is 0 Å². The van der Waals surface area contributed by atoms with Gasteiger partial charge in [-0.2, -0.15) is 0 Å². The molecule has 0 fully saturated rings. The number of esters is 1. The van der Waals surface area contributed by atoms with Crippen LogP contribution in [0.15, 0.2) is 48.6 Å². The van der Waals surface area contributed by atoms with Crippen LogP contribution < -0.4 is 5.73 Å². The first-order valence-corrected chi connectivity index (χ1v) is 20.6. The topological polar surface area (TPSA) is 117 Å². The van der Waals surface area contributed by atoms with Gasteiger partial charge in [0.05, 0.1) is 19.8 Å². The van der Waals surface area contributed by atoms with E-state index in [9.17, 15) is 14.3 Å². The lowest BCUT2D eigenvalue weighted by Crippen LogP contribution is -2.28. The Morgan fingerprint density at radius 2 is 1.17 bits per heavy atom. The summed E-state index contributed by atoms with van der Waals surface area (Å²) in [5.74, 6) is -0.342. The molecule has 0 aromatic heterocycles. The Kier molecular flexibility index (Phi) is 35.6. The Labute approximate surface area is 294 Å². The second-order valence-corrected chi connectivity index (χ2v) is 13.9. The van der Waals surface area contributed by atoms with Crippen molar-refractivity contribution in [2.75, 3.05) is 33.0 Å². The van der Waals surface area contributed by atoms with Crippen molar-refractivity contribution in [3.63, 3.8) is 0 Å². The molecule has 0 spiro atoms. The average molecular weight is 698 g/mol. The van der Waals surface area contributed by atoms with Crippen LogP contribution in [0.5, 0.6) is 0 Å². The number of ether oxygens (including phenoxy) is 2. The van der Waals surface area contributed by atoms with Crippen LogP contribution in [0.2, 0.25) is 0 Å². The molecule has 0 amide bonds. The van der Waals surface area contributed by atoms with Gasteiger partial charge < -0.3 is 20.1 Å². The van der Waals surface area contributed by atoms with Crippen molar-refractivity contribution < 1.29 is 32.8 Å². The molecule has 8 nitrogen and oxygen atoms in total. The summed E-state index contributed by atoms with van der Waals surface area (Å²) in [6, 6.07) is 0. The Morgan fingerprint density at radius 1 is 0.646 bits per heavy atom. The van der Waals surface area contributed by atoms with Crippen LogP contribution in [0.1, 0.15) is 155 Å². The van der Waals surface area contributed by atoms with Crippen molar-refractivity contribution in [3.05, 3.63) is 48.6 Å². The van der Waals surface area contributed by atoms with Gasteiger partial charge in [-0.25, -0.2) is 4.57 Å². The van der Waals surface area contributed by atoms with E-state index in [0.29, 0.717) is 13.0 Å². The van der Waals surface area contributed by atoms with E-state index in [0.717, 1.165) is 57.8 Å². The van der Waals surface area contributed by atoms with Gasteiger partial charge >= 0.3 is 13.8 Å². The standard InChI is InChI=1S/C39H72NO7P/c1-3-5-7-9-11-12-13-14-15-16-17-18-19-20-21-22-23-24-25-27-29-31-34-44-36-38(37-46-48(42,43)45-35-33-40)47-39(41)32-30-28-26-10-8-6-4-2/h5,7,11-12,14-15,17-18,38H,3-4,6,8-10,13,16,19-37,40H2,1-2H3,(H,42,43)/b7-5-,12-11-,15-14-,18-17-. The first kappa shape index (κ1) is 46.5. The maximum Gasteiger partial charge on any atom is 0.472 e. The molecular weight excluding hydrogens is 625 g/mol. The molecule has 0 rings (SSSR count). The fraction of sp³-hybridized carbons (Fsp3) is 0.769. The average Bonchev–Trinajstić information content (AvgIpc) is 3.07. The SMILES string of the molecule is CC/C=C\C/C=C\C/C=C\C/C=C\CCCCCCCCCCCOCC(COP(=O)(O)OCCN)OC(=O)CCCCCCCCC. The summed E-state index contributed by atoms with van der Waals surface area (Å²) in [6.45, 7) is 4.74. The maximum absolute atomic E-state index is 12.4. The van der Waals surface area contributed by atoms with E-state index in [4.69, 9.17) is 24.3 Å². The monoisotopic (exact) mass is 698 g/mol. The Morgan fingerprint density at radius 3 is 1.75 bits per heavy atom. The van der Waals surface area contributed by atoms with E-state index >= 15 is 0 Å². The smallest absolute Gasteiger partial charge is 0.457 e. The van der Waals surface area contributed by atoms with Gasteiger partial charge in [-0.05, 0) is 51.4 Å². The summed E-state index contributed by atoms with van der Waals surface area (Å²) in [4.78, 5) is 22.2. The molecule has 0 aromatic carbocycles. The Hall–Kier alpha value is -1.54. The molecule has 2 atom stereocenters. The first-order valence-electron chi connectivity index (χ1n) is 19.1. The molecule has 3 N–H and O–H groups in total. The lowest BCUT2D eigenvalue weighted by atomic mass is 10.1. The fourth-order valence-electron chi connectivity index (χ4n) is 4.99. The quantitative estimate of drug-likeness (QED) is 0.0287. The van der Waals surface area contributed by atoms with Gasteiger partial charge in [-0.1, -0.05) is 146 Å². The number of phosphoric acid groups is 1. The van der Waals surface area contributed by atoms with Gasteiger partial charge in [-0.3, -0.25) is 13.8 Å². The van der Waals surface area contributed by atoms with Crippen LogP contribution in [-0.4, -0.2) is 49.9 Å². The number of hydrogen-bond acceptors (Lipinski definition) is 7. The highest BCUT2D eigenvalue weighted by molar-refractivity contribution is 7.47. The zero-order valence-corrected chi connectivity index (χ0v) is 31.6. The number of hydrogen-bond donors (Lipinski definition) is 2. The summed E-state index contributed by atoms with van der Waals surface area (Å²) in [7, 11) is -4.26. The van der Waals surface area contributed by atoms with E-state index in [1.165, 1.54) is 77.0 Å². The summed E-state index contributed by atoms with van der Waals surface area (Å²) in [5, 5.41) is 0. The molecule has 0 saturated heterocycles. The van der Waals surface area contributed by atoms with Gasteiger partial charge in [0.1, 0.15) is 6.10 Å². The van der Waals surface area contributed by atoms with E-state index in [1.54, 1.807) is 0 Å². The molecule has 9 heteroatoms. The van der Waals surface area contributed by atoms with E-state index in [-0.39, 0.29) is 32.3 Å². The summed E-state index contributed by atoms with van der Waals surface area (Å²) in [5.41, 5.74) is 5.34. The second kappa shape index (κ2) is 36.7. The second-order valence-electron chi connectivity index (χ2n) is 12.4. The lowest BCUT2D eigenvalue weighted by Gasteiger charge is -2.20. The molecule has 0 bridgehead atoms. The predicted molar refractivity (Wildman–Crippen MR) is 201 cm³/mol. The van der Waals surface area contributed by atoms with E-state index < -0.39 is 13.9 Å². The zero-order valence-electron chi connectivity index (χ0n) is 30.7. The number of carbonyl (C=O) groups is 1. The molecule has 0 aliphatic rings. The van der Waals surface area contributed by atoms with Crippen molar-refractivity contribution in [2.45, 2.75) is 161 Å². The highest BCUT2D eigenvalue weighted by Gasteiger charge is 2.25. The number of carbonyl (C=O) groups excluding carboxylic acids is 1. The molecular formula is C39H72NO7P. The molecule has 0 aliphatic carbocycles. The first-order chi connectivity index (χ1) is 23.4. The van der Waals surface area contributed by atoms with Crippen molar-refractivity contribution in [2.24, 2.45) is 5.73 Å².